The number of rotatable bonds is 9. The number of nitrogens with one attached hydrogen (secondary N) is 2. The lowest BCUT2D eigenvalue weighted by Crippen LogP contribution is -2.62. The summed E-state index contributed by atoms with van der Waals surface area (Å²) in [6.45, 7) is 4.82. The topological polar surface area (TPSA) is 174 Å². The van der Waals surface area contributed by atoms with Gasteiger partial charge in [-0.05, 0) is 43.9 Å². The average molecular weight is 546 g/mol. The van der Waals surface area contributed by atoms with Crippen molar-refractivity contribution < 1.29 is 41.9 Å². The molecule has 0 aromatic carbocycles. The summed E-state index contributed by atoms with van der Waals surface area (Å²) in [6, 6.07) is -3.18. The number of nitrogens with two attached hydrogens (primary N) is 2. The van der Waals surface area contributed by atoms with E-state index >= 15 is 0 Å². The summed E-state index contributed by atoms with van der Waals surface area (Å²) in [6.07, 6.45) is -4.19. The lowest BCUT2D eigenvalue weighted by Gasteiger charge is -2.39. The number of hydrogen-bond donors (Lipinski definition) is 4. The van der Waals surface area contributed by atoms with E-state index in [-0.39, 0.29) is 24.4 Å². The van der Waals surface area contributed by atoms with Crippen molar-refractivity contribution in [3.63, 3.8) is 0 Å². The number of halogens is 3. The van der Waals surface area contributed by atoms with Crippen molar-refractivity contribution in [2.45, 2.75) is 76.4 Å². The number of amides is 5. The Morgan fingerprint density at radius 1 is 1.21 bits per heavy atom. The number of alkyl halides is 3. The molecule has 14 heteroatoms. The third-order valence-electron chi connectivity index (χ3n) is 9.52. The van der Waals surface area contributed by atoms with E-state index in [4.69, 9.17) is 16.2 Å². The van der Waals surface area contributed by atoms with Crippen LogP contribution in [0, 0.1) is 28.6 Å². The molecule has 0 bridgehead atoms. The van der Waals surface area contributed by atoms with Gasteiger partial charge in [0.25, 0.3) is 0 Å². The molecule has 4 aliphatic rings. The van der Waals surface area contributed by atoms with Gasteiger partial charge in [0.15, 0.2) is 0 Å². The van der Waals surface area contributed by atoms with Crippen LogP contribution in [0.3, 0.4) is 0 Å². The number of likely N-dealkylation sites (tertiary alicyclic amines) is 1. The van der Waals surface area contributed by atoms with Crippen molar-refractivity contribution in [1.29, 1.82) is 0 Å². The molecule has 4 rings (SSSR count). The first kappa shape index (κ1) is 28.1. The summed E-state index contributed by atoms with van der Waals surface area (Å²) in [5, 5.41) is 4.63. The first-order chi connectivity index (χ1) is 17.4. The quantitative estimate of drug-likeness (QED) is 0.306. The van der Waals surface area contributed by atoms with Crippen LogP contribution < -0.4 is 22.1 Å². The number of nitrogens with zero attached hydrogens (tertiary/aromatic N) is 1. The van der Waals surface area contributed by atoms with E-state index in [1.54, 1.807) is 5.32 Å². The van der Waals surface area contributed by atoms with E-state index in [1.807, 2.05) is 13.8 Å². The predicted octanol–water partition coefficient (Wildman–Crippen LogP) is -0.433. The van der Waals surface area contributed by atoms with Crippen LogP contribution in [0.5, 0.6) is 0 Å². The molecule has 1 spiro atoms. The first-order valence-corrected chi connectivity index (χ1v) is 12.6. The maximum Gasteiger partial charge on any atom is 0.471 e. The van der Waals surface area contributed by atoms with Gasteiger partial charge in [0, 0.05) is 36.4 Å². The molecule has 7 atom stereocenters. The molecule has 11 nitrogen and oxygen atoms in total. The van der Waals surface area contributed by atoms with E-state index in [0.29, 0.717) is 6.42 Å². The number of piperidine rings is 1. The molecule has 212 valence electrons. The molecule has 0 radical (unpaired) electrons. The Kier molecular flexibility index (Phi) is 6.52. The lowest BCUT2D eigenvalue weighted by atomic mass is 9.71. The maximum absolute atomic E-state index is 13.6. The maximum atomic E-state index is 13.6. The number of fused-ring (bicyclic) bond motifs is 1. The molecular formula is C24H34F3N5O6. The molecule has 2 aliphatic heterocycles. The highest BCUT2D eigenvalue weighted by atomic mass is 19.4. The van der Waals surface area contributed by atoms with Gasteiger partial charge in [0.05, 0.1) is 6.10 Å². The van der Waals surface area contributed by atoms with Crippen LogP contribution in [-0.2, 0) is 28.7 Å². The monoisotopic (exact) mass is 545 g/mol. The molecule has 6 N–H and O–H groups in total. The van der Waals surface area contributed by atoms with Crippen LogP contribution in [0.4, 0.5) is 13.2 Å². The Morgan fingerprint density at radius 3 is 2.26 bits per heavy atom. The van der Waals surface area contributed by atoms with Crippen molar-refractivity contribution in [2.24, 2.45) is 40.1 Å². The van der Waals surface area contributed by atoms with Crippen molar-refractivity contribution in [3.8, 4) is 0 Å². The minimum absolute atomic E-state index is 0.0529. The molecule has 3 unspecified atom stereocenters. The molecule has 5 amide bonds. The van der Waals surface area contributed by atoms with Gasteiger partial charge in [0.2, 0.25) is 23.6 Å². The second-order valence-corrected chi connectivity index (χ2v) is 11.8. The van der Waals surface area contributed by atoms with Gasteiger partial charge >= 0.3 is 12.1 Å². The number of ether oxygens (including phenoxy) is 1. The summed E-state index contributed by atoms with van der Waals surface area (Å²) in [4.78, 5) is 64.8. The molecule has 2 saturated carbocycles. The zero-order valence-electron chi connectivity index (χ0n) is 21.7. The van der Waals surface area contributed by atoms with Crippen LogP contribution >= 0.6 is 0 Å². The summed E-state index contributed by atoms with van der Waals surface area (Å²) in [5.74, 6) is -7.24. The first-order valence-electron chi connectivity index (χ1n) is 12.6. The minimum Gasteiger partial charge on any atom is -0.379 e. The van der Waals surface area contributed by atoms with Crippen LogP contribution in [-0.4, -0.2) is 78.0 Å². The van der Waals surface area contributed by atoms with E-state index in [0.717, 1.165) is 24.9 Å². The van der Waals surface area contributed by atoms with E-state index in [1.165, 1.54) is 6.92 Å². The summed E-state index contributed by atoms with van der Waals surface area (Å²) in [7, 11) is 1.16. The lowest BCUT2D eigenvalue weighted by molar-refractivity contribution is -0.176. The molecular weight excluding hydrogens is 511 g/mol. The molecule has 0 aromatic rings. The molecule has 38 heavy (non-hydrogen) atoms. The highest BCUT2D eigenvalue weighted by Crippen LogP contribution is 2.78. The highest BCUT2D eigenvalue weighted by Gasteiger charge is 2.84. The second kappa shape index (κ2) is 8.82. The van der Waals surface area contributed by atoms with Crippen molar-refractivity contribution >= 4 is 29.5 Å². The van der Waals surface area contributed by atoms with Gasteiger partial charge < -0.3 is 31.7 Å². The number of hydrogen-bond acceptors (Lipinski definition) is 6. The van der Waals surface area contributed by atoms with E-state index in [9.17, 15) is 37.1 Å². The number of carbonyl (C=O) groups is 5. The Bertz CT molecular complexity index is 1080. The highest BCUT2D eigenvalue weighted by molar-refractivity contribution is 5.96. The Balaban J connectivity index is 1.68. The summed E-state index contributed by atoms with van der Waals surface area (Å²) in [5.41, 5.74) is 9.46. The van der Waals surface area contributed by atoms with Crippen LogP contribution in [0.15, 0.2) is 0 Å². The molecule has 2 heterocycles. The van der Waals surface area contributed by atoms with E-state index < -0.39 is 76.6 Å². The van der Waals surface area contributed by atoms with Crippen LogP contribution in [0.2, 0.25) is 0 Å². The van der Waals surface area contributed by atoms with Crippen LogP contribution in [0.25, 0.3) is 0 Å². The third-order valence-corrected chi connectivity index (χ3v) is 9.52. The smallest absolute Gasteiger partial charge is 0.379 e. The van der Waals surface area contributed by atoms with Crippen molar-refractivity contribution in [2.75, 3.05) is 13.7 Å². The number of methoxy groups -OCH3 is 1. The standard InChI is InChI=1S/C24H34F3N5O6/c1-10(38-4)14(30-20(37)24(25,26)27)19(36)32-9-13-21(2,3)23(13,15(32)17(29)34)12(16(28)33)7-11-8-22(5-6-22)31-18(11)35/h10-15H,5-9H2,1-4H3,(H2,28,33)(H2,29,34)(H,30,37)(H,31,35)/t10-,11-,12-,13?,14+,15?,23?/m1/s1. The Hall–Kier alpha value is -2.90. The second-order valence-electron chi connectivity index (χ2n) is 11.8. The Labute approximate surface area is 217 Å². The fraction of sp³-hybridized carbons (Fsp3) is 0.792. The Morgan fingerprint density at radius 2 is 1.82 bits per heavy atom. The predicted molar refractivity (Wildman–Crippen MR) is 124 cm³/mol. The minimum atomic E-state index is -5.26. The third kappa shape index (κ3) is 4.11. The van der Waals surface area contributed by atoms with Crippen molar-refractivity contribution in [1.82, 2.24) is 15.5 Å². The van der Waals surface area contributed by atoms with Gasteiger partial charge in [-0.1, -0.05) is 13.8 Å². The van der Waals surface area contributed by atoms with Gasteiger partial charge in [-0.25, -0.2) is 0 Å². The molecule has 4 fully saturated rings. The van der Waals surface area contributed by atoms with Gasteiger partial charge in [0.1, 0.15) is 12.1 Å². The number of carbonyl (C=O) groups excluding carboxylic acids is 5. The van der Waals surface area contributed by atoms with Crippen LogP contribution in [0.1, 0.15) is 46.5 Å². The SMILES string of the molecule is CO[C@H](C)[C@H](NC(=O)C(F)(F)F)C(=O)N1CC2C(C)(C)C2([C@H](C[C@@H]2CC3(CC3)NC2=O)C(N)=O)C1C(N)=O. The average Bonchev–Trinajstić information content (AvgIpc) is 3.51. The normalized spacial score (nSPS) is 32.7. The summed E-state index contributed by atoms with van der Waals surface area (Å²) < 4.78 is 44.0. The fourth-order valence-electron chi connectivity index (χ4n) is 7.31. The summed E-state index contributed by atoms with van der Waals surface area (Å²) >= 11 is 0. The molecule has 0 aromatic heterocycles. The zero-order chi connectivity index (χ0) is 28.6. The van der Waals surface area contributed by atoms with Gasteiger partial charge in [-0.15, -0.1) is 0 Å². The molecule has 2 aliphatic carbocycles. The van der Waals surface area contributed by atoms with Crippen molar-refractivity contribution in [3.05, 3.63) is 0 Å². The molecule has 2 saturated heterocycles. The largest absolute Gasteiger partial charge is 0.471 e. The van der Waals surface area contributed by atoms with Gasteiger partial charge in [-0.3, -0.25) is 24.0 Å². The fourth-order valence-corrected chi connectivity index (χ4v) is 7.31. The number of primary amides is 2. The zero-order valence-corrected chi connectivity index (χ0v) is 21.7. The van der Waals surface area contributed by atoms with Gasteiger partial charge in [-0.2, -0.15) is 13.2 Å². The van der Waals surface area contributed by atoms with E-state index in [2.05, 4.69) is 5.32 Å².